The number of halogens is 1. The second kappa shape index (κ2) is 10.8. The lowest BCUT2D eigenvalue weighted by molar-refractivity contribution is -0.135. The van der Waals surface area contributed by atoms with E-state index >= 15 is 0 Å². The summed E-state index contributed by atoms with van der Waals surface area (Å²) in [5.41, 5.74) is 3.74. The normalized spacial score (nSPS) is 16.9. The first-order valence-corrected chi connectivity index (χ1v) is 12.9. The average Bonchev–Trinajstić information content (AvgIpc) is 3.26. The lowest BCUT2D eigenvalue weighted by atomic mass is 9.88. The number of likely N-dealkylation sites (tertiary alicyclic amines) is 1. The van der Waals surface area contributed by atoms with Crippen molar-refractivity contribution >= 4 is 22.6 Å². The number of rotatable bonds is 7. The first-order chi connectivity index (χ1) is 18.3. The molecule has 2 aromatic heterocycles. The van der Waals surface area contributed by atoms with E-state index in [0.29, 0.717) is 30.6 Å². The van der Waals surface area contributed by atoms with Gasteiger partial charge in [-0.15, -0.1) is 0 Å². The van der Waals surface area contributed by atoms with E-state index in [1.807, 2.05) is 47.0 Å². The maximum absolute atomic E-state index is 14.8. The largest absolute Gasteiger partial charge is 0.347 e. The van der Waals surface area contributed by atoms with Crippen LogP contribution in [0.25, 0.3) is 22.2 Å². The number of carbonyl (C=O) groups is 2. The summed E-state index contributed by atoms with van der Waals surface area (Å²) >= 11 is 0. The summed E-state index contributed by atoms with van der Waals surface area (Å²) in [7, 11) is 5.28. The Kier molecular flexibility index (Phi) is 7.33. The van der Waals surface area contributed by atoms with Gasteiger partial charge in [-0.2, -0.15) is 5.10 Å². The van der Waals surface area contributed by atoms with Crippen molar-refractivity contribution in [3.63, 3.8) is 0 Å². The topological polar surface area (TPSA) is 71.3 Å². The number of aromatic nitrogens is 3. The van der Waals surface area contributed by atoms with Crippen LogP contribution in [-0.2, 0) is 11.8 Å². The molecule has 4 aromatic rings. The second-order valence-electron chi connectivity index (χ2n) is 10.2. The highest BCUT2D eigenvalue weighted by atomic mass is 19.1. The van der Waals surface area contributed by atoms with E-state index < -0.39 is 6.04 Å². The number of carbonyl (C=O) groups excluding carboxylic acids is 2. The highest BCUT2D eigenvalue weighted by Crippen LogP contribution is 2.33. The van der Waals surface area contributed by atoms with Crippen molar-refractivity contribution in [1.82, 2.24) is 24.6 Å². The minimum atomic E-state index is -0.709. The van der Waals surface area contributed by atoms with Gasteiger partial charge in [-0.1, -0.05) is 18.2 Å². The van der Waals surface area contributed by atoms with Crippen LogP contribution in [0.15, 0.2) is 67.0 Å². The Morgan fingerprint density at radius 3 is 2.61 bits per heavy atom. The van der Waals surface area contributed by atoms with Crippen molar-refractivity contribution in [3.05, 3.63) is 83.9 Å². The molecule has 8 heteroatoms. The highest BCUT2D eigenvalue weighted by molar-refractivity contribution is 6.02. The first kappa shape index (κ1) is 25.7. The number of likely N-dealkylation sites (N-methyl/N-ethyl adjacent to an activating group) is 1. The Hall–Kier alpha value is -3.91. The van der Waals surface area contributed by atoms with Crippen LogP contribution in [0.4, 0.5) is 4.39 Å². The van der Waals surface area contributed by atoms with Crippen LogP contribution >= 0.6 is 0 Å². The summed E-state index contributed by atoms with van der Waals surface area (Å²) in [5.74, 6) is -0.414. The molecule has 2 aromatic carbocycles. The SMILES string of the molecule is CN(C)C(=O)C(c1ccccc1F)N1CCC[C@@H](CC(=O)c2ccc3c(c2)c(-c2ccncc2)nn3C)C1. The molecule has 38 heavy (non-hydrogen) atoms. The van der Waals surface area contributed by atoms with Crippen molar-refractivity contribution < 1.29 is 14.0 Å². The summed E-state index contributed by atoms with van der Waals surface area (Å²) in [4.78, 5) is 34.3. The Morgan fingerprint density at radius 1 is 1.11 bits per heavy atom. The molecule has 1 fully saturated rings. The van der Waals surface area contributed by atoms with Gasteiger partial charge in [0.15, 0.2) is 5.78 Å². The number of ketones is 1. The fourth-order valence-electron chi connectivity index (χ4n) is 5.47. The van der Waals surface area contributed by atoms with Crippen molar-refractivity contribution in [3.8, 4) is 11.3 Å². The molecule has 0 N–H and O–H groups in total. The van der Waals surface area contributed by atoms with Gasteiger partial charge in [0.2, 0.25) is 5.91 Å². The molecule has 0 aliphatic carbocycles. The third kappa shape index (κ3) is 5.09. The van der Waals surface area contributed by atoms with Gasteiger partial charge in [-0.3, -0.25) is 24.2 Å². The van der Waals surface area contributed by atoms with Crippen LogP contribution in [0.1, 0.15) is 41.2 Å². The average molecular weight is 514 g/mol. The summed E-state index contributed by atoms with van der Waals surface area (Å²) < 4.78 is 16.6. The van der Waals surface area contributed by atoms with E-state index in [4.69, 9.17) is 0 Å². The fourth-order valence-corrected chi connectivity index (χ4v) is 5.47. The minimum Gasteiger partial charge on any atom is -0.347 e. The molecule has 0 saturated carbocycles. The monoisotopic (exact) mass is 513 g/mol. The van der Waals surface area contributed by atoms with Crippen LogP contribution < -0.4 is 0 Å². The highest BCUT2D eigenvalue weighted by Gasteiger charge is 2.34. The molecule has 2 atom stereocenters. The van der Waals surface area contributed by atoms with Gasteiger partial charge in [0.05, 0.1) is 5.52 Å². The first-order valence-electron chi connectivity index (χ1n) is 12.9. The summed E-state index contributed by atoms with van der Waals surface area (Å²) in [6.45, 7) is 1.24. The van der Waals surface area contributed by atoms with E-state index in [1.54, 1.807) is 44.7 Å². The maximum Gasteiger partial charge on any atom is 0.244 e. The predicted molar refractivity (Wildman–Crippen MR) is 145 cm³/mol. The van der Waals surface area contributed by atoms with E-state index in [0.717, 1.165) is 35.0 Å². The number of Topliss-reactive ketones (excluding diaryl/α,β-unsaturated/α-hetero) is 1. The Labute approximate surface area is 221 Å². The van der Waals surface area contributed by atoms with Gasteiger partial charge >= 0.3 is 0 Å². The molecule has 1 saturated heterocycles. The molecule has 0 spiro atoms. The van der Waals surface area contributed by atoms with Crippen molar-refractivity contribution in [2.24, 2.45) is 13.0 Å². The molecule has 3 heterocycles. The minimum absolute atomic E-state index is 0.0599. The van der Waals surface area contributed by atoms with Gasteiger partial charge in [-0.25, -0.2) is 4.39 Å². The van der Waals surface area contributed by atoms with Gasteiger partial charge in [-0.05, 0) is 61.7 Å². The maximum atomic E-state index is 14.8. The molecule has 196 valence electrons. The second-order valence-corrected chi connectivity index (χ2v) is 10.2. The van der Waals surface area contributed by atoms with E-state index in [1.165, 1.54) is 11.0 Å². The number of pyridine rings is 1. The molecular formula is C30H32FN5O2. The van der Waals surface area contributed by atoms with Crippen molar-refractivity contribution in [2.75, 3.05) is 27.2 Å². The summed E-state index contributed by atoms with van der Waals surface area (Å²) in [6, 6.07) is 15.3. The molecule has 1 aliphatic heterocycles. The standard InChI is InChI=1S/C30H32FN5O2/c1-34(2)30(38)29(23-8-4-5-9-25(23)31)36-16-6-7-20(19-36)17-27(37)22-10-11-26-24(18-22)28(33-35(26)3)21-12-14-32-15-13-21/h4-5,8-15,18,20,29H,6-7,16-17,19H2,1-3H3/t20-,29?/m0/s1. The Bertz CT molecular complexity index is 1470. The van der Waals surface area contributed by atoms with Gasteiger partial charge < -0.3 is 4.90 Å². The predicted octanol–water partition coefficient (Wildman–Crippen LogP) is 4.89. The van der Waals surface area contributed by atoms with E-state index in [2.05, 4.69) is 10.1 Å². The number of benzene rings is 2. The fraction of sp³-hybridized carbons (Fsp3) is 0.333. The third-order valence-electron chi connectivity index (χ3n) is 7.39. The molecule has 0 radical (unpaired) electrons. The lowest BCUT2D eigenvalue weighted by Gasteiger charge is -2.38. The number of nitrogens with zero attached hydrogens (tertiary/aromatic N) is 5. The Balaban J connectivity index is 1.37. The lowest BCUT2D eigenvalue weighted by Crippen LogP contribution is -2.45. The molecule has 7 nitrogen and oxygen atoms in total. The number of fused-ring (bicyclic) bond motifs is 1. The van der Waals surface area contributed by atoms with Crippen LogP contribution in [0.5, 0.6) is 0 Å². The Morgan fingerprint density at radius 2 is 1.87 bits per heavy atom. The number of hydrogen-bond donors (Lipinski definition) is 0. The number of aryl methyl sites for hydroxylation is 1. The van der Waals surface area contributed by atoms with Gasteiger partial charge in [0.1, 0.15) is 17.6 Å². The third-order valence-corrected chi connectivity index (χ3v) is 7.39. The molecule has 1 aliphatic rings. The molecule has 0 bridgehead atoms. The van der Waals surface area contributed by atoms with Crippen molar-refractivity contribution in [2.45, 2.75) is 25.3 Å². The summed E-state index contributed by atoms with van der Waals surface area (Å²) in [5, 5.41) is 5.60. The molecule has 1 unspecified atom stereocenters. The van der Waals surface area contributed by atoms with Crippen LogP contribution in [-0.4, -0.2) is 63.4 Å². The van der Waals surface area contributed by atoms with Gasteiger partial charge in [0.25, 0.3) is 0 Å². The quantitative estimate of drug-likeness (QED) is 0.329. The van der Waals surface area contributed by atoms with Crippen LogP contribution in [0, 0.1) is 11.7 Å². The number of hydrogen-bond acceptors (Lipinski definition) is 5. The van der Waals surface area contributed by atoms with E-state index in [9.17, 15) is 14.0 Å². The zero-order valence-electron chi connectivity index (χ0n) is 22.0. The van der Waals surface area contributed by atoms with Crippen LogP contribution in [0.2, 0.25) is 0 Å². The van der Waals surface area contributed by atoms with Crippen molar-refractivity contribution in [1.29, 1.82) is 0 Å². The smallest absolute Gasteiger partial charge is 0.244 e. The molecule has 5 rings (SSSR count). The number of amides is 1. The molecule has 1 amide bonds. The van der Waals surface area contributed by atoms with Crippen LogP contribution in [0.3, 0.4) is 0 Å². The zero-order chi connectivity index (χ0) is 26.8. The van der Waals surface area contributed by atoms with Gasteiger partial charge in [0, 0.05) is 68.6 Å². The van der Waals surface area contributed by atoms with E-state index in [-0.39, 0.29) is 23.4 Å². The number of piperidine rings is 1. The molecular weight excluding hydrogens is 481 g/mol. The summed E-state index contributed by atoms with van der Waals surface area (Å²) in [6.07, 6.45) is 5.56. The zero-order valence-corrected chi connectivity index (χ0v) is 22.0.